The van der Waals surface area contributed by atoms with Gasteiger partial charge in [-0.15, -0.1) is 0 Å². The summed E-state index contributed by atoms with van der Waals surface area (Å²) in [5, 5.41) is 4.19. The number of nitrogens with zero attached hydrogens (tertiary/aromatic N) is 1. The fourth-order valence-corrected chi connectivity index (χ4v) is 2.96. The molecule has 4 heteroatoms. The van der Waals surface area contributed by atoms with E-state index in [2.05, 4.69) is 23.8 Å². The van der Waals surface area contributed by atoms with Gasteiger partial charge in [-0.05, 0) is 41.3 Å². The summed E-state index contributed by atoms with van der Waals surface area (Å²) in [6, 6.07) is 11.8. The first kappa shape index (κ1) is 15.7. The highest BCUT2D eigenvalue weighted by molar-refractivity contribution is 7.07. The smallest absolute Gasteiger partial charge is 0.224 e. The van der Waals surface area contributed by atoms with Gasteiger partial charge in [0.05, 0.1) is 0 Å². The first-order chi connectivity index (χ1) is 10.1. The van der Waals surface area contributed by atoms with Gasteiger partial charge >= 0.3 is 0 Å². The highest BCUT2D eigenvalue weighted by atomic mass is 32.1. The minimum absolute atomic E-state index is 0.0917. The first-order valence-electron chi connectivity index (χ1n) is 7.15. The molecule has 0 bridgehead atoms. The molecule has 0 aliphatic heterocycles. The van der Waals surface area contributed by atoms with Gasteiger partial charge in [-0.3, -0.25) is 4.79 Å². The molecule has 1 heterocycles. The van der Waals surface area contributed by atoms with Crippen LogP contribution in [0, 0.1) is 0 Å². The minimum atomic E-state index is -0.241. The van der Waals surface area contributed by atoms with Gasteiger partial charge in [0.2, 0.25) is 5.91 Å². The highest BCUT2D eigenvalue weighted by Gasteiger charge is 2.19. The van der Waals surface area contributed by atoms with Gasteiger partial charge in [0.1, 0.15) is 0 Å². The molecule has 21 heavy (non-hydrogen) atoms. The van der Waals surface area contributed by atoms with Gasteiger partial charge in [-0.2, -0.15) is 11.3 Å². The van der Waals surface area contributed by atoms with E-state index in [-0.39, 0.29) is 18.0 Å². The molecule has 3 nitrogen and oxygen atoms in total. The Morgan fingerprint density at radius 1 is 1.29 bits per heavy atom. The molecule has 0 saturated carbocycles. The van der Waals surface area contributed by atoms with Gasteiger partial charge in [0.15, 0.2) is 0 Å². The molecular weight excluding hydrogens is 280 g/mol. The van der Waals surface area contributed by atoms with Crippen molar-refractivity contribution in [1.82, 2.24) is 4.90 Å². The summed E-state index contributed by atoms with van der Waals surface area (Å²) < 4.78 is 0. The Hall–Kier alpha value is -1.65. The second kappa shape index (κ2) is 7.38. The summed E-state index contributed by atoms with van der Waals surface area (Å²) in [5.74, 6) is 0.0917. The zero-order chi connectivity index (χ0) is 15.2. The van der Waals surface area contributed by atoms with E-state index >= 15 is 0 Å². The Bertz CT molecular complexity index is 553. The molecule has 2 atom stereocenters. The quantitative estimate of drug-likeness (QED) is 0.890. The fourth-order valence-electron chi connectivity index (χ4n) is 2.28. The van der Waals surface area contributed by atoms with Crippen LogP contribution in [0.3, 0.4) is 0 Å². The number of hydrogen-bond acceptors (Lipinski definition) is 3. The van der Waals surface area contributed by atoms with Crippen LogP contribution in [0.2, 0.25) is 0 Å². The monoisotopic (exact) mass is 302 g/mol. The average molecular weight is 302 g/mol. The minimum Gasteiger partial charge on any atom is -0.343 e. The molecule has 1 aromatic carbocycles. The van der Waals surface area contributed by atoms with Gasteiger partial charge in [-0.25, -0.2) is 0 Å². The van der Waals surface area contributed by atoms with Crippen molar-refractivity contribution in [1.29, 1.82) is 0 Å². The third kappa shape index (κ3) is 4.41. The van der Waals surface area contributed by atoms with Crippen molar-refractivity contribution < 1.29 is 4.79 Å². The van der Waals surface area contributed by atoms with E-state index in [4.69, 9.17) is 5.73 Å². The van der Waals surface area contributed by atoms with Crippen LogP contribution in [-0.2, 0) is 11.2 Å². The molecule has 0 saturated heterocycles. The Morgan fingerprint density at radius 3 is 2.62 bits per heavy atom. The lowest BCUT2D eigenvalue weighted by atomic mass is 10.0. The van der Waals surface area contributed by atoms with Crippen molar-refractivity contribution in [3.05, 3.63) is 58.3 Å². The number of amides is 1. The van der Waals surface area contributed by atoms with E-state index in [1.807, 2.05) is 37.4 Å². The molecule has 2 rings (SSSR count). The Balaban J connectivity index is 1.90. The first-order valence-corrected chi connectivity index (χ1v) is 8.09. The lowest BCUT2D eigenvalue weighted by Gasteiger charge is -2.26. The van der Waals surface area contributed by atoms with Crippen LogP contribution in [0.25, 0.3) is 0 Å². The summed E-state index contributed by atoms with van der Waals surface area (Å²) in [5.41, 5.74) is 8.41. The Morgan fingerprint density at radius 2 is 2.00 bits per heavy atom. The Labute approximate surface area is 130 Å². The van der Waals surface area contributed by atoms with Crippen LogP contribution in [0.4, 0.5) is 0 Å². The number of carbonyl (C=O) groups is 1. The average Bonchev–Trinajstić information content (AvgIpc) is 3.00. The SMILES string of the molecule is C[C@@H](Cc1ccsc1)N(C)C(=O)C[C@@H](N)c1ccccc1. The summed E-state index contributed by atoms with van der Waals surface area (Å²) in [7, 11) is 1.86. The summed E-state index contributed by atoms with van der Waals surface area (Å²) >= 11 is 1.69. The molecule has 2 aromatic rings. The maximum Gasteiger partial charge on any atom is 0.224 e. The third-order valence-corrected chi connectivity index (χ3v) is 4.52. The van der Waals surface area contributed by atoms with Crippen molar-refractivity contribution >= 4 is 17.2 Å². The van der Waals surface area contributed by atoms with Crippen molar-refractivity contribution in [3.8, 4) is 0 Å². The molecule has 0 fully saturated rings. The van der Waals surface area contributed by atoms with Crippen LogP contribution < -0.4 is 5.73 Å². The topological polar surface area (TPSA) is 46.3 Å². The highest BCUT2D eigenvalue weighted by Crippen LogP contribution is 2.17. The van der Waals surface area contributed by atoms with E-state index in [1.54, 1.807) is 16.2 Å². The number of likely N-dealkylation sites (N-methyl/N-ethyl adjacent to an activating group) is 1. The largest absolute Gasteiger partial charge is 0.343 e. The maximum atomic E-state index is 12.3. The normalized spacial score (nSPS) is 13.7. The van der Waals surface area contributed by atoms with Crippen molar-refractivity contribution in [2.24, 2.45) is 5.73 Å². The van der Waals surface area contributed by atoms with Crippen molar-refractivity contribution in [2.75, 3.05) is 7.05 Å². The summed E-state index contributed by atoms with van der Waals surface area (Å²) in [4.78, 5) is 14.2. The fraction of sp³-hybridized carbons (Fsp3) is 0.353. The van der Waals surface area contributed by atoms with Crippen molar-refractivity contribution in [2.45, 2.75) is 31.8 Å². The zero-order valence-electron chi connectivity index (χ0n) is 12.5. The second-order valence-electron chi connectivity index (χ2n) is 5.41. The predicted molar refractivity (Wildman–Crippen MR) is 88.2 cm³/mol. The molecule has 112 valence electrons. The van der Waals surface area contributed by atoms with E-state index in [0.29, 0.717) is 6.42 Å². The van der Waals surface area contributed by atoms with Crippen LogP contribution in [0.5, 0.6) is 0 Å². The number of thiophene rings is 1. The molecule has 0 spiro atoms. The van der Waals surface area contributed by atoms with Gasteiger partial charge < -0.3 is 10.6 Å². The van der Waals surface area contributed by atoms with Crippen LogP contribution in [-0.4, -0.2) is 23.9 Å². The van der Waals surface area contributed by atoms with Crippen LogP contribution in [0.1, 0.15) is 30.5 Å². The van der Waals surface area contributed by atoms with E-state index in [0.717, 1.165) is 12.0 Å². The number of hydrogen-bond donors (Lipinski definition) is 1. The molecule has 1 aromatic heterocycles. The van der Waals surface area contributed by atoms with Gasteiger partial charge in [-0.1, -0.05) is 30.3 Å². The number of rotatable bonds is 6. The predicted octanol–water partition coefficient (Wildman–Crippen LogP) is 3.23. The zero-order valence-corrected chi connectivity index (χ0v) is 13.3. The van der Waals surface area contributed by atoms with E-state index in [9.17, 15) is 4.79 Å². The van der Waals surface area contributed by atoms with E-state index < -0.39 is 0 Å². The molecule has 0 unspecified atom stereocenters. The van der Waals surface area contributed by atoms with Crippen LogP contribution >= 0.6 is 11.3 Å². The Kier molecular flexibility index (Phi) is 5.53. The molecule has 1 amide bonds. The standard InChI is InChI=1S/C17H22N2OS/c1-13(10-14-8-9-21-12-14)19(2)17(20)11-16(18)15-6-4-3-5-7-15/h3-9,12-13,16H,10-11,18H2,1-2H3/t13-,16+/m0/s1. The number of carbonyl (C=O) groups excluding carboxylic acids is 1. The molecular formula is C17H22N2OS. The molecule has 2 N–H and O–H groups in total. The van der Waals surface area contributed by atoms with Crippen LogP contribution in [0.15, 0.2) is 47.2 Å². The maximum absolute atomic E-state index is 12.3. The number of benzene rings is 1. The molecule has 0 aliphatic rings. The lowest BCUT2D eigenvalue weighted by Crippen LogP contribution is -2.37. The molecule has 0 radical (unpaired) electrons. The summed E-state index contributed by atoms with van der Waals surface area (Å²) in [6.07, 6.45) is 1.22. The van der Waals surface area contributed by atoms with E-state index in [1.165, 1.54) is 5.56 Å². The van der Waals surface area contributed by atoms with Gasteiger partial charge in [0, 0.05) is 25.6 Å². The third-order valence-electron chi connectivity index (χ3n) is 3.79. The molecule has 0 aliphatic carbocycles. The lowest BCUT2D eigenvalue weighted by molar-refractivity contribution is -0.132. The number of nitrogens with two attached hydrogens (primary N) is 1. The summed E-state index contributed by atoms with van der Waals surface area (Å²) in [6.45, 7) is 2.07. The second-order valence-corrected chi connectivity index (χ2v) is 6.19. The van der Waals surface area contributed by atoms with Gasteiger partial charge in [0.25, 0.3) is 0 Å². The van der Waals surface area contributed by atoms with Crippen molar-refractivity contribution in [3.63, 3.8) is 0 Å².